The van der Waals surface area contributed by atoms with Gasteiger partial charge in [-0.3, -0.25) is 9.59 Å². The molecule has 4 heteroatoms. The summed E-state index contributed by atoms with van der Waals surface area (Å²) in [6, 6.07) is 0. The molecule has 0 aliphatic heterocycles. The highest BCUT2D eigenvalue weighted by molar-refractivity contribution is 5.85. The van der Waals surface area contributed by atoms with Crippen LogP contribution in [0, 0.1) is 17.8 Å². The molecular weight excluding hydrogens is 218 g/mol. The molecule has 0 heterocycles. The minimum Gasteiger partial charge on any atom is -0.481 e. The number of rotatable bonds is 6. The maximum absolute atomic E-state index is 11.9. The van der Waals surface area contributed by atoms with Crippen LogP contribution >= 0.6 is 0 Å². The van der Waals surface area contributed by atoms with Gasteiger partial charge in [0.2, 0.25) is 5.91 Å². The molecule has 0 radical (unpaired) electrons. The first-order valence-corrected chi connectivity index (χ1v) is 6.60. The second kappa shape index (κ2) is 6.62. The highest BCUT2D eigenvalue weighted by Crippen LogP contribution is 2.38. The van der Waals surface area contributed by atoms with Crippen molar-refractivity contribution in [3.63, 3.8) is 0 Å². The fourth-order valence-electron chi connectivity index (χ4n) is 2.56. The Hall–Kier alpha value is -1.06. The van der Waals surface area contributed by atoms with Crippen molar-refractivity contribution in [3.8, 4) is 0 Å². The van der Waals surface area contributed by atoms with Gasteiger partial charge in [0.05, 0.1) is 11.8 Å². The van der Waals surface area contributed by atoms with E-state index < -0.39 is 11.9 Å². The van der Waals surface area contributed by atoms with E-state index in [9.17, 15) is 9.59 Å². The summed E-state index contributed by atoms with van der Waals surface area (Å²) >= 11 is 0. The van der Waals surface area contributed by atoms with Crippen molar-refractivity contribution in [1.29, 1.82) is 0 Å². The highest BCUT2D eigenvalue weighted by Gasteiger charge is 2.41. The van der Waals surface area contributed by atoms with Gasteiger partial charge < -0.3 is 10.4 Å². The van der Waals surface area contributed by atoms with E-state index in [0.717, 1.165) is 25.7 Å². The zero-order valence-electron chi connectivity index (χ0n) is 10.7. The molecule has 0 aromatic rings. The molecule has 0 spiro atoms. The van der Waals surface area contributed by atoms with Crippen molar-refractivity contribution in [2.24, 2.45) is 17.8 Å². The van der Waals surface area contributed by atoms with Gasteiger partial charge in [0.15, 0.2) is 0 Å². The summed E-state index contributed by atoms with van der Waals surface area (Å²) in [5.74, 6) is -1.31. The first kappa shape index (κ1) is 14.0. The molecule has 3 atom stereocenters. The van der Waals surface area contributed by atoms with Crippen LogP contribution in [0.5, 0.6) is 0 Å². The van der Waals surface area contributed by atoms with E-state index in [1.165, 1.54) is 0 Å². The van der Waals surface area contributed by atoms with Crippen molar-refractivity contribution >= 4 is 11.9 Å². The Bertz CT molecular complexity index is 278. The normalized spacial score (nSPS) is 28.0. The van der Waals surface area contributed by atoms with E-state index in [4.69, 9.17) is 5.11 Å². The van der Waals surface area contributed by atoms with Gasteiger partial charge in [-0.2, -0.15) is 0 Å². The zero-order chi connectivity index (χ0) is 12.8. The number of carboxylic acid groups (broad SMARTS) is 1. The molecule has 1 saturated carbocycles. The monoisotopic (exact) mass is 241 g/mol. The molecule has 1 amide bonds. The molecule has 1 rings (SSSR count). The molecule has 2 N–H and O–H groups in total. The minimum atomic E-state index is -0.823. The van der Waals surface area contributed by atoms with Crippen LogP contribution in [0.3, 0.4) is 0 Å². The lowest BCUT2D eigenvalue weighted by molar-refractivity contribution is -0.146. The summed E-state index contributed by atoms with van der Waals surface area (Å²) in [7, 11) is 0. The van der Waals surface area contributed by atoms with Crippen molar-refractivity contribution in [1.82, 2.24) is 5.32 Å². The Kier molecular flexibility index (Phi) is 5.45. The number of carbonyl (C=O) groups excluding carboxylic acids is 1. The zero-order valence-corrected chi connectivity index (χ0v) is 10.7. The lowest BCUT2D eigenvalue weighted by Gasteiger charge is -2.15. The molecule has 17 heavy (non-hydrogen) atoms. The molecule has 0 aromatic heterocycles. The summed E-state index contributed by atoms with van der Waals surface area (Å²) in [6.07, 6.45) is 4.32. The van der Waals surface area contributed by atoms with Gasteiger partial charge in [-0.15, -0.1) is 0 Å². The molecule has 0 bridgehead atoms. The van der Waals surface area contributed by atoms with E-state index in [2.05, 4.69) is 19.2 Å². The molecule has 1 aliphatic carbocycles. The van der Waals surface area contributed by atoms with Crippen LogP contribution < -0.4 is 5.32 Å². The van der Waals surface area contributed by atoms with E-state index in [1.54, 1.807) is 0 Å². The average molecular weight is 241 g/mol. The SMILES string of the molecule is CCCCNC(=O)[C@H]1CC(CC)C[C@H]1C(=O)O. The highest BCUT2D eigenvalue weighted by atomic mass is 16.4. The number of carboxylic acids is 1. The Morgan fingerprint density at radius 2 is 1.88 bits per heavy atom. The van der Waals surface area contributed by atoms with Crippen LogP contribution in [0.25, 0.3) is 0 Å². The van der Waals surface area contributed by atoms with Gasteiger partial charge in [0, 0.05) is 6.54 Å². The standard InChI is InChI=1S/C13H23NO3/c1-3-5-6-14-12(15)10-7-9(4-2)8-11(10)13(16)17/h9-11H,3-8H2,1-2H3,(H,14,15)(H,16,17)/t9?,10-,11+/m0/s1. The van der Waals surface area contributed by atoms with Crippen LogP contribution in [0.1, 0.15) is 46.0 Å². The van der Waals surface area contributed by atoms with Gasteiger partial charge in [-0.05, 0) is 25.2 Å². The Morgan fingerprint density at radius 1 is 1.24 bits per heavy atom. The number of amides is 1. The molecule has 4 nitrogen and oxygen atoms in total. The summed E-state index contributed by atoms with van der Waals surface area (Å²) in [5, 5.41) is 12.0. The smallest absolute Gasteiger partial charge is 0.307 e. The topological polar surface area (TPSA) is 66.4 Å². The molecule has 98 valence electrons. The molecule has 1 aliphatic rings. The Balaban J connectivity index is 2.54. The van der Waals surface area contributed by atoms with Gasteiger partial charge in [0.25, 0.3) is 0 Å². The lowest BCUT2D eigenvalue weighted by atomic mass is 9.95. The number of aliphatic carboxylic acids is 1. The van der Waals surface area contributed by atoms with E-state index >= 15 is 0 Å². The molecular formula is C13H23NO3. The van der Waals surface area contributed by atoms with Gasteiger partial charge >= 0.3 is 5.97 Å². The number of unbranched alkanes of at least 4 members (excludes halogenated alkanes) is 1. The van der Waals surface area contributed by atoms with Crippen molar-refractivity contribution in [2.45, 2.75) is 46.0 Å². The average Bonchev–Trinajstić information content (AvgIpc) is 2.73. The van der Waals surface area contributed by atoms with Crippen molar-refractivity contribution in [2.75, 3.05) is 6.54 Å². The minimum absolute atomic E-state index is 0.0678. The summed E-state index contributed by atoms with van der Waals surface area (Å²) < 4.78 is 0. The van der Waals surface area contributed by atoms with Crippen LogP contribution in [0.4, 0.5) is 0 Å². The Morgan fingerprint density at radius 3 is 2.41 bits per heavy atom. The predicted octanol–water partition coefficient (Wildman–Crippen LogP) is 2.04. The summed E-state index contributed by atoms with van der Waals surface area (Å²) in [5.41, 5.74) is 0. The van der Waals surface area contributed by atoms with Crippen LogP contribution in [0.15, 0.2) is 0 Å². The molecule has 1 fully saturated rings. The first-order valence-electron chi connectivity index (χ1n) is 6.60. The van der Waals surface area contributed by atoms with Crippen molar-refractivity contribution in [3.05, 3.63) is 0 Å². The third-order valence-corrected chi connectivity index (χ3v) is 3.72. The van der Waals surface area contributed by atoms with E-state index in [0.29, 0.717) is 18.9 Å². The lowest BCUT2D eigenvalue weighted by Crippen LogP contribution is -2.35. The molecule has 1 unspecified atom stereocenters. The predicted molar refractivity (Wildman–Crippen MR) is 65.5 cm³/mol. The fraction of sp³-hybridized carbons (Fsp3) is 0.846. The maximum atomic E-state index is 11.9. The molecule has 0 saturated heterocycles. The summed E-state index contributed by atoms with van der Waals surface area (Å²) in [6.45, 7) is 4.78. The van der Waals surface area contributed by atoms with Gasteiger partial charge in [-0.25, -0.2) is 0 Å². The van der Waals surface area contributed by atoms with E-state index in [-0.39, 0.29) is 11.8 Å². The maximum Gasteiger partial charge on any atom is 0.307 e. The van der Waals surface area contributed by atoms with Gasteiger partial charge in [0.1, 0.15) is 0 Å². The van der Waals surface area contributed by atoms with Crippen LogP contribution in [-0.2, 0) is 9.59 Å². The third kappa shape index (κ3) is 3.72. The third-order valence-electron chi connectivity index (χ3n) is 3.72. The van der Waals surface area contributed by atoms with Gasteiger partial charge in [-0.1, -0.05) is 26.7 Å². The van der Waals surface area contributed by atoms with Crippen molar-refractivity contribution < 1.29 is 14.7 Å². The van der Waals surface area contributed by atoms with Crippen LogP contribution in [0.2, 0.25) is 0 Å². The molecule has 0 aromatic carbocycles. The Labute approximate surface area is 103 Å². The first-order chi connectivity index (χ1) is 8.10. The quantitative estimate of drug-likeness (QED) is 0.699. The van der Waals surface area contributed by atoms with Crippen LogP contribution in [-0.4, -0.2) is 23.5 Å². The number of hydrogen-bond donors (Lipinski definition) is 2. The van der Waals surface area contributed by atoms with E-state index in [1.807, 2.05) is 0 Å². The number of carbonyl (C=O) groups is 2. The largest absolute Gasteiger partial charge is 0.481 e. The summed E-state index contributed by atoms with van der Waals surface area (Å²) in [4.78, 5) is 23.0. The second-order valence-electron chi connectivity index (χ2n) is 4.94. The number of nitrogens with one attached hydrogen (secondary N) is 1. The second-order valence-corrected chi connectivity index (χ2v) is 4.94. The fourth-order valence-corrected chi connectivity index (χ4v) is 2.56. The number of hydrogen-bond acceptors (Lipinski definition) is 2.